The Balaban J connectivity index is 1.85. The summed E-state index contributed by atoms with van der Waals surface area (Å²) in [5.74, 6) is -0.390. The summed E-state index contributed by atoms with van der Waals surface area (Å²) in [6.45, 7) is 6.58. The summed E-state index contributed by atoms with van der Waals surface area (Å²) >= 11 is 0. The monoisotopic (exact) mass is 448 g/mol. The van der Waals surface area contributed by atoms with Gasteiger partial charge in [-0.3, -0.25) is 14.6 Å². The van der Waals surface area contributed by atoms with Crippen molar-refractivity contribution in [3.8, 4) is 5.75 Å². The molecule has 1 aliphatic carbocycles. The second-order valence-electron chi connectivity index (χ2n) is 9.12. The summed E-state index contributed by atoms with van der Waals surface area (Å²) in [5.41, 5.74) is 2.33. The van der Waals surface area contributed by atoms with E-state index in [2.05, 4.69) is 18.8 Å². The van der Waals surface area contributed by atoms with Gasteiger partial charge in [0.1, 0.15) is 11.5 Å². The summed E-state index contributed by atoms with van der Waals surface area (Å²) < 4.78 is 5.75. The number of amides is 1. The minimum Gasteiger partial charge on any atom is -0.507 e. The lowest BCUT2D eigenvalue weighted by molar-refractivity contribution is -0.141. The fourth-order valence-electron chi connectivity index (χ4n) is 5.04. The molecule has 1 saturated heterocycles. The predicted octanol–water partition coefficient (Wildman–Crippen LogP) is 5.36. The van der Waals surface area contributed by atoms with Crippen LogP contribution in [0.25, 0.3) is 5.76 Å². The van der Waals surface area contributed by atoms with Gasteiger partial charge in [0.25, 0.3) is 11.7 Å². The molecular formula is C27H32N2O4. The molecule has 33 heavy (non-hydrogen) atoms. The van der Waals surface area contributed by atoms with Gasteiger partial charge in [-0.2, -0.15) is 0 Å². The molecule has 0 spiro atoms. The highest BCUT2D eigenvalue weighted by atomic mass is 16.5. The van der Waals surface area contributed by atoms with Crippen LogP contribution in [0.1, 0.15) is 81.5 Å². The van der Waals surface area contributed by atoms with Gasteiger partial charge in [0.15, 0.2) is 0 Å². The number of likely N-dealkylation sites (tertiary alicyclic amines) is 1. The maximum absolute atomic E-state index is 13.3. The molecule has 1 unspecified atom stereocenters. The zero-order valence-corrected chi connectivity index (χ0v) is 19.6. The molecule has 1 amide bonds. The summed E-state index contributed by atoms with van der Waals surface area (Å²) in [5, 5.41) is 11.4. The van der Waals surface area contributed by atoms with E-state index in [0.29, 0.717) is 12.2 Å². The number of pyridine rings is 1. The number of hydrogen-bond acceptors (Lipinski definition) is 5. The number of ether oxygens (including phenoxy) is 1. The van der Waals surface area contributed by atoms with Gasteiger partial charge in [-0.1, -0.05) is 39.2 Å². The topological polar surface area (TPSA) is 79.7 Å². The van der Waals surface area contributed by atoms with Gasteiger partial charge in [-0.25, -0.2) is 0 Å². The largest absolute Gasteiger partial charge is 0.507 e. The number of benzene rings is 1. The van der Waals surface area contributed by atoms with Crippen LogP contribution >= 0.6 is 0 Å². The molecule has 2 aromatic rings. The molecule has 1 atom stereocenters. The Morgan fingerprint density at radius 3 is 2.58 bits per heavy atom. The smallest absolute Gasteiger partial charge is 0.295 e. The average molecular weight is 449 g/mol. The molecule has 1 aromatic carbocycles. The van der Waals surface area contributed by atoms with E-state index in [9.17, 15) is 14.7 Å². The Morgan fingerprint density at radius 2 is 1.94 bits per heavy atom. The van der Waals surface area contributed by atoms with Crippen molar-refractivity contribution >= 4 is 17.4 Å². The molecule has 1 saturated carbocycles. The van der Waals surface area contributed by atoms with Crippen LogP contribution in [0.2, 0.25) is 0 Å². The minimum atomic E-state index is -0.643. The van der Waals surface area contributed by atoms with Gasteiger partial charge < -0.3 is 14.7 Å². The highest BCUT2D eigenvalue weighted by Gasteiger charge is 2.49. The van der Waals surface area contributed by atoms with E-state index in [0.717, 1.165) is 49.0 Å². The molecule has 2 heterocycles. The van der Waals surface area contributed by atoms with E-state index in [4.69, 9.17) is 4.74 Å². The second-order valence-corrected chi connectivity index (χ2v) is 9.12. The van der Waals surface area contributed by atoms with Crippen LogP contribution < -0.4 is 4.74 Å². The van der Waals surface area contributed by atoms with Crippen LogP contribution in [-0.2, 0) is 9.59 Å². The highest BCUT2D eigenvalue weighted by molar-refractivity contribution is 6.46. The molecule has 0 radical (unpaired) electrons. The minimum absolute atomic E-state index is 0.0164. The third-order valence-corrected chi connectivity index (χ3v) is 6.65. The Morgan fingerprint density at radius 1 is 1.18 bits per heavy atom. The number of carbonyl (C=O) groups excluding carboxylic acids is 2. The molecule has 1 aliphatic heterocycles. The third kappa shape index (κ3) is 4.39. The first-order valence-electron chi connectivity index (χ1n) is 11.9. The molecular weight excluding hydrogens is 416 g/mol. The maximum atomic E-state index is 13.3. The highest BCUT2D eigenvalue weighted by Crippen LogP contribution is 2.43. The Bertz CT molecular complexity index is 1060. The normalized spacial score (nSPS) is 21.1. The van der Waals surface area contributed by atoms with Crippen molar-refractivity contribution in [3.63, 3.8) is 0 Å². The van der Waals surface area contributed by atoms with Crippen molar-refractivity contribution in [2.75, 3.05) is 6.61 Å². The number of ketones is 1. The number of aromatic nitrogens is 1. The zero-order chi connectivity index (χ0) is 23.5. The zero-order valence-electron chi connectivity index (χ0n) is 19.6. The van der Waals surface area contributed by atoms with E-state index >= 15 is 0 Å². The summed E-state index contributed by atoms with van der Waals surface area (Å²) in [7, 11) is 0. The first-order valence-corrected chi connectivity index (χ1v) is 11.9. The number of Topliss-reactive ketones (excluding diaryl/α,β-unsaturated/α-hetero) is 1. The second kappa shape index (κ2) is 9.77. The van der Waals surface area contributed by atoms with Gasteiger partial charge in [-0.15, -0.1) is 0 Å². The lowest BCUT2D eigenvalue weighted by Gasteiger charge is -2.35. The van der Waals surface area contributed by atoms with Gasteiger partial charge in [0.2, 0.25) is 0 Å². The fourth-order valence-corrected chi connectivity index (χ4v) is 5.04. The van der Waals surface area contributed by atoms with Crippen molar-refractivity contribution in [2.24, 2.45) is 0 Å². The van der Waals surface area contributed by atoms with E-state index in [1.54, 1.807) is 29.4 Å². The van der Waals surface area contributed by atoms with Crippen molar-refractivity contribution in [3.05, 3.63) is 65.0 Å². The van der Waals surface area contributed by atoms with Crippen LogP contribution in [0.4, 0.5) is 0 Å². The quantitative estimate of drug-likeness (QED) is 0.366. The molecule has 174 valence electrons. The van der Waals surface area contributed by atoms with Gasteiger partial charge in [0, 0.05) is 24.0 Å². The fraction of sp³-hybridized carbons (Fsp3) is 0.444. The number of aliphatic hydroxyl groups is 1. The number of nitrogens with zero attached hydrogens (tertiary/aromatic N) is 2. The molecule has 1 N–H and O–H groups in total. The summed E-state index contributed by atoms with van der Waals surface area (Å²) in [6.07, 6.45) is 8.28. The lowest BCUT2D eigenvalue weighted by Crippen LogP contribution is -2.40. The summed E-state index contributed by atoms with van der Waals surface area (Å²) in [6, 6.07) is 8.44. The van der Waals surface area contributed by atoms with Crippen LogP contribution in [0.15, 0.2) is 48.3 Å². The Labute approximate surface area is 195 Å². The predicted molar refractivity (Wildman–Crippen MR) is 127 cm³/mol. The molecule has 0 bridgehead atoms. The van der Waals surface area contributed by atoms with Crippen molar-refractivity contribution < 1.29 is 19.4 Å². The van der Waals surface area contributed by atoms with Crippen molar-refractivity contribution in [2.45, 2.75) is 70.9 Å². The van der Waals surface area contributed by atoms with Gasteiger partial charge in [0.05, 0.1) is 18.2 Å². The van der Waals surface area contributed by atoms with E-state index in [1.165, 1.54) is 0 Å². The molecule has 6 nitrogen and oxygen atoms in total. The molecule has 4 rings (SSSR count). The molecule has 6 heteroatoms. The number of hydrogen-bond donors (Lipinski definition) is 1. The third-order valence-electron chi connectivity index (χ3n) is 6.65. The van der Waals surface area contributed by atoms with Gasteiger partial charge >= 0.3 is 0 Å². The molecule has 1 aromatic heterocycles. The van der Waals surface area contributed by atoms with Crippen LogP contribution in [0, 0.1) is 0 Å². The Hall–Kier alpha value is -3.15. The first-order chi connectivity index (χ1) is 15.9. The van der Waals surface area contributed by atoms with Crippen molar-refractivity contribution in [1.82, 2.24) is 9.88 Å². The van der Waals surface area contributed by atoms with Crippen LogP contribution in [0.3, 0.4) is 0 Å². The standard InChI is InChI=1S/C27H32N2O4/c1-4-33-22-13-12-18(15-21(22)17(2)3)25(30)23-24(19-9-8-14-28-16-19)29(27(32)26(23)31)20-10-6-5-7-11-20/h8-9,12-17,20,24,30H,4-7,10-11H2,1-3H3/b25-23-. The number of carbonyl (C=O) groups is 2. The van der Waals surface area contributed by atoms with E-state index in [1.807, 2.05) is 25.1 Å². The molecule has 2 fully saturated rings. The van der Waals surface area contributed by atoms with Crippen LogP contribution in [0.5, 0.6) is 5.75 Å². The van der Waals surface area contributed by atoms with E-state index in [-0.39, 0.29) is 23.3 Å². The SMILES string of the molecule is CCOc1ccc(/C(O)=C2/C(=O)C(=O)N(C3CCCCC3)C2c2cccnc2)cc1C(C)C. The first kappa shape index (κ1) is 23.0. The average Bonchev–Trinajstić information content (AvgIpc) is 3.10. The lowest BCUT2D eigenvalue weighted by atomic mass is 9.91. The number of aliphatic hydroxyl groups excluding tert-OH is 1. The number of rotatable bonds is 6. The maximum Gasteiger partial charge on any atom is 0.295 e. The van der Waals surface area contributed by atoms with E-state index < -0.39 is 17.7 Å². The van der Waals surface area contributed by atoms with Gasteiger partial charge in [-0.05, 0) is 61.1 Å². The van der Waals surface area contributed by atoms with Crippen molar-refractivity contribution in [1.29, 1.82) is 0 Å². The summed E-state index contributed by atoms with van der Waals surface area (Å²) in [4.78, 5) is 32.5. The molecule has 2 aliphatic rings. The Kier molecular flexibility index (Phi) is 6.82. The van der Waals surface area contributed by atoms with Crippen LogP contribution in [-0.4, -0.2) is 39.3 Å².